The molecule has 0 aliphatic heterocycles. The fourth-order valence-electron chi connectivity index (χ4n) is 3.30. The largest absolute Gasteiger partial charge is 0.469 e. The third-order valence-corrected chi connectivity index (χ3v) is 4.85. The number of rotatable bonds is 4. The Morgan fingerprint density at radius 2 is 1.84 bits per heavy atom. The third kappa shape index (κ3) is 3.40. The molecular formula is C16H28N2O. The van der Waals surface area contributed by atoms with Gasteiger partial charge in [0, 0.05) is 24.2 Å². The monoisotopic (exact) mass is 264 g/mol. The van der Waals surface area contributed by atoms with Gasteiger partial charge in [-0.05, 0) is 32.9 Å². The molecule has 3 heteroatoms. The average Bonchev–Trinajstić information content (AvgIpc) is 2.75. The van der Waals surface area contributed by atoms with Crippen molar-refractivity contribution in [3.05, 3.63) is 23.7 Å². The van der Waals surface area contributed by atoms with Crippen LogP contribution in [0.4, 0.5) is 0 Å². The van der Waals surface area contributed by atoms with E-state index < -0.39 is 0 Å². The summed E-state index contributed by atoms with van der Waals surface area (Å²) in [5.74, 6) is 1.03. The van der Waals surface area contributed by atoms with Crippen LogP contribution in [0.5, 0.6) is 0 Å². The minimum Gasteiger partial charge on any atom is -0.469 e. The van der Waals surface area contributed by atoms with Crippen LogP contribution in [0, 0.1) is 6.92 Å². The second-order valence-corrected chi connectivity index (χ2v) is 6.05. The summed E-state index contributed by atoms with van der Waals surface area (Å²) in [5.41, 5.74) is 7.64. The minimum absolute atomic E-state index is 0.185. The lowest BCUT2D eigenvalue weighted by molar-refractivity contribution is 0.0861. The van der Waals surface area contributed by atoms with Crippen molar-refractivity contribution < 1.29 is 4.42 Å². The van der Waals surface area contributed by atoms with Crippen molar-refractivity contribution in [1.82, 2.24) is 4.90 Å². The van der Waals surface area contributed by atoms with Gasteiger partial charge >= 0.3 is 0 Å². The number of nitrogens with two attached hydrogens (primary N) is 1. The molecule has 1 fully saturated rings. The second-order valence-electron chi connectivity index (χ2n) is 6.05. The summed E-state index contributed by atoms with van der Waals surface area (Å²) in [6.45, 7) is 3.75. The molecule has 0 unspecified atom stereocenters. The van der Waals surface area contributed by atoms with Gasteiger partial charge in [-0.1, -0.05) is 32.1 Å². The minimum atomic E-state index is 0.185. The molecule has 19 heavy (non-hydrogen) atoms. The van der Waals surface area contributed by atoms with E-state index in [9.17, 15) is 0 Å². The molecule has 2 N–H and O–H groups in total. The van der Waals surface area contributed by atoms with Crippen LogP contribution in [0.2, 0.25) is 0 Å². The first-order chi connectivity index (χ1) is 9.18. The lowest BCUT2D eigenvalue weighted by Crippen LogP contribution is -2.52. The molecule has 1 aromatic rings. The fraction of sp³-hybridized carbons (Fsp3) is 0.750. The van der Waals surface area contributed by atoms with Crippen molar-refractivity contribution in [3.8, 4) is 0 Å². The van der Waals surface area contributed by atoms with Crippen LogP contribution in [0.25, 0.3) is 0 Å². The molecule has 3 nitrogen and oxygen atoms in total. The summed E-state index contributed by atoms with van der Waals surface area (Å²) < 4.78 is 5.41. The molecule has 108 valence electrons. The molecular weight excluding hydrogens is 236 g/mol. The Kier molecular flexibility index (Phi) is 5.06. The lowest BCUT2D eigenvalue weighted by Gasteiger charge is -2.42. The van der Waals surface area contributed by atoms with Crippen LogP contribution in [0.15, 0.2) is 16.7 Å². The van der Waals surface area contributed by atoms with Crippen LogP contribution < -0.4 is 5.73 Å². The van der Waals surface area contributed by atoms with Crippen molar-refractivity contribution in [2.24, 2.45) is 5.73 Å². The SMILES string of the molecule is Cc1occc1CN(C)C1(CN)CCCCCCC1. The molecule has 2 rings (SSSR count). The Bertz CT molecular complexity index is 378. The van der Waals surface area contributed by atoms with Crippen molar-refractivity contribution >= 4 is 0 Å². The number of hydrogen-bond acceptors (Lipinski definition) is 3. The van der Waals surface area contributed by atoms with E-state index in [-0.39, 0.29) is 5.54 Å². The Morgan fingerprint density at radius 1 is 1.21 bits per heavy atom. The van der Waals surface area contributed by atoms with Gasteiger partial charge in [0.05, 0.1) is 6.26 Å². The third-order valence-electron chi connectivity index (χ3n) is 4.85. The molecule has 0 radical (unpaired) electrons. The predicted molar refractivity (Wildman–Crippen MR) is 79.0 cm³/mol. The number of aryl methyl sites for hydroxylation is 1. The van der Waals surface area contributed by atoms with Gasteiger partial charge in [-0.25, -0.2) is 0 Å². The summed E-state index contributed by atoms with van der Waals surface area (Å²) in [4.78, 5) is 2.47. The van der Waals surface area contributed by atoms with Crippen LogP contribution in [0.3, 0.4) is 0 Å². The van der Waals surface area contributed by atoms with E-state index in [1.165, 1.54) is 50.5 Å². The smallest absolute Gasteiger partial charge is 0.105 e. The molecule has 0 amide bonds. The molecule has 0 aromatic carbocycles. The van der Waals surface area contributed by atoms with E-state index in [1.54, 1.807) is 6.26 Å². The molecule has 0 saturated heterocycles. The topological polar surface area (TPSA) is 42.4 Å². The van der Waals surface area contributed by atoms with Crippen LogP contribution in [-0.2, 0) is 6.54 Å². The summed E-state index contributed by atoms with van der Waals surface area (Å²) >= 11 is 0. The number of hydrogen-bond donors (Lipinski definition) is 1. The molecule has 0 bridgehead atoms. The molecule has 1 saturated carbocycles. The molecule has 1 heterocycles. The van der Waals surface area contributed by atoms with Gasteiger partial charge < -0.3 is 10.2 Å². The first-order valence-electron chi connectivity index (χ1n) is 7.62. The zero-order valence-electron chi connectivity index (χ0n) is 12.5. The number of nitrogens with zero attached hydrogens (tertiary/aromatic N) is 1. The second kappa shape index (κ2) is 6.58. The first kappa shape index (κ1) is 14.6. The fourth-order valence-corrected chi connectivity index (χ4v) is 3.30. The highest BCUT2D eigenvalue weighted by molar-refractivity contribution is 5.15. The average molecular weight is 264 g/mol. The van der Waals surface area contributed by atoms with Crippen molar-refractivity contribution in [2.45, 2.75) is 64.0 Å². The van der Waals surface area contributed by atoms with E-state index in [1.807, 2.05) is 6.92 Å². The highest BCUT2D eigenvalue weighted by atomic mass is 16.3. The van der Waals surface area contributed by atoms with Gasteiger partial charge in [0.25, 0.3) is 0 Å². The van der Waals surface area contributed by atoms with Crippen LogP contribution in [0.1, 0.15) is 56.3 Å². The van der Waals surface area contributed by atoms with Crippen LogP contribution in [-0.4, -0.2) is 24.0 Å². The zero-order valence-corrected chi connectivity index (χ0v) is 12.5. The maximum absolute atomic E-state index is 6.16. The maximum Gasteiger partial charge on any atom is 0.105 e. The van der Waals surface area contributed by atoms with E-state index >= 15 is 0 Å². The van der Waals surface area contributed by atoms with Gasteiger partial charge in [-0.3, -0.25) is 4.90 Å². The van der Waals surface area contributed by atoms with E-state index in [4.69, 9.17) is 10.2 Å². The van der Waals surface area contributed by atoms with Gasteiger partial charge in [0.1, 0.15) is 5.76 Å². The van der Waals surface area contributed by atoms with E-state index in [2.05, 4.69) is 18.0 Å². The normalized spacial score (nSPS) is 20.2. The summed E-state index contributed by atoms with van der Waals surface area (Å²) in [6.07, 6.45) is 11.0. The highest BCUT2D eigenvalue weighted by Gasteiger charge is 2.33. The molecule has 1 aliphatic carbocycles. The number of likely N-dealkylation sites (N-methyl/N-ethyl adjacent to an activating group) is 1. The van der Waals surface area contributed by atoms with E-state index in [0.717, 1.165) is 18.8 Å². The molecule has 0 spiro atoms. The van der Waals surface area contributed by atoms with Crippen LogP contribution >= 0.6 is 0 Å². The van der Waals surface area contributed by atoms with E-state index in [0.29, 0.717) is 0 Å². The summed E-state index contributed by atoms with van der Waals surface area (Å²) in [7, 11) is 2.22. The summed E-state index contributed by atoms with van der Waals surface area (Å²) in [5, 5.41) is 0. The Balaban J connectivity index is 2.07. The van der Waals surface area contributed by atoms with Crippen molar-refractivity contribution in [1.29, 1.82) is 0 Å². The Hall–Kier alpha value is -0.800. The van der Waals surface area contributed by atoms with Gasteiger partial charge in [0.15, 0.2) is 0 Å². The molecule has 1 aliphatic rings. The molecule has 1 aromatic heterocycles. The van der Waals surface area contributed by atoms with Crippen molar-refractivity contribution in [3.63, 3.8) is 0 Å². The quantitative estimate of drug-likeness (QED) is 0.905. The van der Waals surface area contributed by atoms with Gasteiger partial charge in [-0.15, -0.1) is 0 Å². The van der Waals surface area contributed by atoms with Gasteiger partial charge in [-0.2, -0.15) is 0 Å². The van der Waals surface area contributed by atoms with Gasteiger partial charge in [0.2, 0.25) is 0 Å². The lowest BCUT2D eigenvalue weighted by atomic mass is 9.82. The van der Waals surface area contributed by atoms with Crippen molar-refractivity contribution in [2.75, 3.05) is 13.6 Å². The summed E-state index contributed by atoms with van der Waals surface area (Å²) in [6, 6.07) is 2.08. The maximum atomic E-state index is 6.16. The Labute approximate surface area is 117 Å². The first-order valence-corrected chi connectivity index (χ1v) is 7.62. The number of furan rings is 1. The zero-order chi connectivity index (χ0) is 13.7. The predicted octanol–water partition coefficient (Wildman–Crippen LogP) is 3.46. The highest BCUT2D eigenvalue weighted by Crippen LogP contribution is 2.31. The molecule has 0 atom stereocenters. The standard InChI is InChI=1S/C16H28N2O/c1-14-15(8-11-19-14)12-18(2)16(13-17)9-6-4-3-5-7-10-16/h8,11H,3-7,9-10,12-13,17H2,1-2H3. The Morgan fingerprint density at radius 3 is 2.37 bits per heavy atom.